The van der Waals surface area contributed by atoms with Crippen molar-refractivity contribution in [1.29, 1.82) is 0 Å². The standard InChI is InChI=1S/C13H21N5/c1-4-6-18-7-5-15-13(18)8-11(14-2)12-9-17(3)10-16-12/h5,7,9-11,14H,4,6,8H2,1-3H3. The van der Waals surface area contributed by atoms with Crippen LogP contribution in [0.25, 0.3) is 0 Å². The molecule has 0 aliphatic heterocycles. The Labute approximate surface area is 108 Å². The van der Waals surface area contributed by atoms with Gasteiger partial charge in [-0.05, 0) is 13.5 Å². The van der Waals surface area contributed by atoms with Crippen molar-refractivity contribution in [3.05, 3.63) is 36.4 Å². The van der Waals surface area contributed by atoms with Gasteiger partial charge in [0.2, 0.25) is 0 Å². The van der Waals surface area contributed by atoms with E-state index in [1.54, 1.807) is 0 Å². The van der Waals surface area contributed by atoms with Gasteiger partial charge in [-0.3, -0.25) is 0 Å². The molecule has 2 rings (SSSR count). The molecule has 0 saturated carbocycles. The average molecular weight is 247 g/mol. The molecule has 1 unspecified atom stereocenters. The number of nitrogens with one attached hydrogen (secondary N) is 1. The third-order valence-electron chi connectivity index (χ3n) is 3.08. The Morgan fingerprint density at radius 1 is 1.39 bits per heavy atom. The Morgan fingerprint density at radius 2 is 2.22 bits per heavy atom. The Hall–Kier alpha value is -1.62. The van der Waals surface area contributed by atoms with E-state index >= 15 is 0 Å². The van der Waals surface area contributed by atoms with Gasteiger partial charge in [-0.1, -0.05) is 6.92 Å². The predicted molar refractivity (Wildman–Crippen MR) is 71.2 cm³/mol. The lowest BCUT2D eigenvalue weighted by Crippen LogP contribution is -2.21. The second kappa shape index (κ2) is 5.82. The second-order valence-corrected chi connectivity index (χ2v) is 4.55. The van der Waals surface area contributed by atoms with Crippen LogP contribution in [-0.4, -0.2) is 26.1 Å². The van der Waals surface area contributed by atoms with E-state index < -0.39 is 0 Å². The maximum absolute atomic E-state index is 4.44. The zero-order chi connectivity index (χ0) is 13.0. The van der Waals surface area contributed by atoms with Gasteiger partial charge in [0.15, 0.2) is 0 Å². The first kappa shape index (κ1) is 12.8. The predicted octanol–water partition coefficient (Wildman–Crippen LogP) is 1.53. The largest absolute Gasteiger partial charge is 0.340 e. The second-order valence-electron chi connectivity index (χ2n) is 4.55. The number of aryl methyl sites for hydroxylation is 2. The minimum atomic E-state index is 0.212. The zero-order valence-corrected chi connectivity index (χ0v) is 11.3. The summed E-state index contributed by atoms with van der Waals surface area (Å²) in [4.78, 5) is 8.85. The van der Waals surface area contributed by atoms with Gasteiger partial charge in [-0.25, -0.2) is 9.97 Å². The van der Waals surface area contributed by atoms with E-state index in [9.17, 15) is 0 Å². The molecule has 1 N–H and O–H groups in total. The number of aromatic nitrogens is 4. The lowest BCUT2D eigenvalue weighted by Gasteiger charge is -2.14. The number of likely N-dealkylation sites (N-methyl/N-ethyl adjacent to an activating group) is 1. The molecule has 2 heterocycles. The molecule has 98 valence electrons. The molecule has 0 aromatic carbocycles. The molecule has 5 heteroatoms. The Kier molecular flexibility index (Phi) is 4.15. The number of hydrogen-bond acceptors (Lipinski definition) is 3. The molecule has 2 aromatic heterocycles. The molecule has 0 bridgehead atoms. The van der Waals surface area contributed by atoms with Crippen LogP contribution in [0.2, 0.25) is 0 Å². The molecule has 0 aliphatic carbocycles. The molecule has 1 atom stereocenters. The average Bonchev–Trinajstić information content (AvgIpc) is 2.96. The maximum Gasteiger partial charge on any atom is 0.110 e. The van der Waals surface area contributed by atoms with Gasteiger partial charge in [-0.2, -0.15) is 0 Å². The van der Waals surface area contributed by atoms with Crippen LogP contribution >= 0.6 is 0 Å². The van der Waals surface area contributed by atoms with E-state index in [0.717, 1.165) is 30.9 Å². The van der Waals surface area contributed by atoms with E-state index in [0.29, 0.717) is 0 Å². The third kappa shape index (κ3) is 2.79. The first-order valence-corrected chi connectivity index (χ1v) is 6.39. The summed E-state index contributed by atoms with van der Waals surface area (Å²) < 4.78 is 4.19. The lowest BCUT2D eigenvalue weighted by atomic mass is 10.1. The van der Waals surface area contributed by atoms with Gasteiger partial charge >= 0.3 is 0 Å². The monoisotopic (exact) mass is 247 g/mol. The van der Waals surface area contributed by atoms with Crippen molar-refractivity contribution < 1.29 is 0 Å². The minimum Gasteiger partial charge on any atom is -0.340 e. The lowest BCUT2D eigenvalue weighted by molar-refractivity contribution is 0.534. The summed E-state index contributed by atoms with van der Waals surface area (Å²) in [5.74, 6) is 1.11. The fourth-order valence-electron chi connectivity index (χ4n) is 2.12. The van der Waals surface area contributed by atoms with Crippen molar-refractivity contribution in [2.75, 3.05) is 7.05 Å². The van der Waals surface area contributed by atoms with Crippen molar-refractivity contribution >= 4 is 0 Å². The molecular formula is C13H21N5. The molecule has 0 fully saturated rings. The molecule has 0 saturated heterocycles. The summed E-state index contributed by atoms with van der Waals surface area (Å²) in [6.07, 6.45) is 9.78. The summed E-state index contributed by atoms with van der Waals surface area (Å²) in [6, 6.07) is 0.212. The summed E-state index contributed by atoms with van der Waals surface area (Å²) in [5, 5.41) is 3.31. The summed E-state index contributed by atoms with van der Waals surface area (Å²) in [6.45, 7) is 3.20. The number of rotatable bonds is 6. The maximum atomic E-state index is 4.44. The molecule has 18 heavy (non-hydrogen) atoms. The van der Waals surface area contributed by atoms with Gasteiger partial charge in [0.1, 0.15) is 5.82 Å². The van der Waals surface area contributed by atoms with Crippen molar-refractivity contribution in [1.82, 2.24) is 24.4 Å². The van der Waals surface area contributed by atoms with E-state index in [1.165, 1.54) is 0 Å². The van der Waals surface area contributed by atoms with Gasteiger partial charge in [-0.15, -0.1) is 0 Å². The molecular weight excluding hydrogens is 226 g/mol. The number of hydrogen-bond donors (Lipinski definition) is 1. The van der Waals surface area contributed by atoms with Crippen molar-refractivity contribution in [3.8, 4) is 0 Å². The third-order valence-corrected chi connectivity index (χ3v) is 3.08. The molecule has 0 amide bonds. The Bertz CT molecular complexity index is 485. The Balaban J connectivity index is 2.12. The van der Waals surface area contributed by atoms with Crippen molar-refractivity contribution in [2.24, 2.45) is 7.05 Å². The van der Waals surface area contributed by atoms with Crippen LogP contribution in [-0.2, 0) is 20.0 Å². The van der Waals surface area contributed by atoms with Crippen LogP contribution in [0.5, 0.6) is 0 Å². The highest BCUT2D eigenvalue weighted by Crippen LogP contribution is 2.15. The van der Waals surface area contributed by atoms with Crippen LogP contribution in [0, 0.1) is 0 Å². The van der Waals surface area contributed by atoms with Crippen molar-refractivity contribution in [2.45, 2.75) is 32.4 Å². The normalized spacial score (nSPS) is 12.8. The molecule has 5 nitrogen and oxygen atoms in total. The molecule has 2 aromatic rings. The highest BCUT2D eigenvalue weighted by Gasteiger charge is 2.15. The van der Waals surface area contributed by atoms with Gasteiger partial charge in [0, 0.05) is 38.6 Å². The van der Waals surface area contributed by atoms with E-state index in [1.807, 2.05) is 43.6 Å². The van der Waals surface area contributed by atoms with Gasteiger partial charge in [0.05, 0.1) is 18.1 Å². The SMILES string of the molecule is CCCn1ccnc1CC(NC)c1cn(C)cn1. The quantitative estimate of drug-likeness (QED) is 0.842. The smallest absolute Gasteiger partial charge is 0.110 e. The number of imidazole rings is 2. The summed E-state index contributed by atoms with van der Waals surface area (Å²) in [5.41, 5.74) is 1.06. The molecule has 0 spiro atoms. The van der Waals surface area contributed by atoms with E-state index in [-0.39, 0.29) is 6.04 Å². The highest BCUT2D eigenvalue weighted by molar-refractivity contribution is 5.07. The molecule has 0 radical (unpaired) electrons. The number of nitrogens with zero attached hydrogens (tertiary/aromatic N) is 4. The Morgan fingerprint density at radius 3 is 2.83 bits per heavy atom. The summed E-state index contributed by atoms with van der Waals surface area (Å²) in [7, 11) is 3.95. The fraction of sp³-hybridized carbons (Fsp3) is 0.538. The summed E-state index contributed by atoms with van der Waals surface area (Å²) >= 11 is 0. The van der Waals surface area contributed by atoms with Gasteiger partial charge < -0.3 is 14.5 Å². The minimum absolute atomic E-state index is 0.212. The van der Waals surface area contributed by atoms with Crippen LogP contribution < -0.4 is 5.32 Å². The van der Waals surface area contributed by atoms with Crippen LogP contribution in [0.15, 0.2) is 24.9 Å². The van der Waals surface area contributed by atoms with Gasteiger partial charge in [0.25, 0.3) is 0 Å². The van der Waals surface area contributed by atoms with Crippen LogP contribution in [0.4, 0.5) is 0 Å². The topological polar surface area (TPSA) is 47.7 Å². The highest BCUT2D eigenvalue weighted by atomic mass is 15.1. The first-order chi connectivity index (χ1) is 8.74. The molecule has 0 aliphatic rings. The van der Waals surface area contributed by atoms with Crippen molar-refractivity contribution in [3.63, 3.8) is 0 Å². The first-order valence-electron chi connectivity index (χ1n) is 6.39. The van der Waals surface area contributed by atoms with Crippen LogP contribution in [0.3, 0.4) is 0 Å². The van der Waals surface area contributed by atoms with E-state index in [4.69, 9.17) is 0 Å². The fourth-order valence-corrected chi connectivity index (χ4v) is 2.12. The van der Waals surface area contributed by atoms with Crippen LogP contribution in [0.1, 0.15) is 30.9 Å². The van der Waals surface area contributed by atoms with E-state index in [2.05, 4.69) is 26.8 Å². The zero-order valence-electron chi connectivity index (χ0n) is 11.3.